The lowest BCUT2D eigenvalue weighted by molar-refractivity contribution is 0.107. The van der Waals surface area contributed by atoms with Gasteiger partial charge in [-0.25, -0.2) is 18.1 Å². The van der Waals surface area contributed by atoms with Gasteiger partial charge in [0, 0.05) is 26.9 Å². The van der Waals surface area contributed by atoms with E-state index >= 15 is 0 Å². The molecule has 0 radical (unpaired) electrons. The van der Waals surface area contributed by atoms with Gasteiger partial charge in [-0.1, -0.05) is 24.3 Å². The van der Waals surface area contributed by atoms with Crippen molar-refractivity contribution in [3.05, 3.63) is 47.9 Å². The highest BCUT2D eigenvalue weighted by atomic mass is 32.2. The summed E-state index contributed by atoms with van der Waals surface area (Å²) in [6.45, 7) is 2.12. The van der Waals surface area contributed by atoms with E-state index < -0.39 is 10.0 Å². The minimum Gasteiger partial charge on any atom is -0.375 e. The molecular formula is C14H19N3O3S. The van der Waals surface area contributed by atoms with Crippen molar-refractivity contribution in [2.24, 2.45) is 7.05 Å². The van der Waals surface area contributed by atoms with Crippen molar-refractivity contribution in [2.45, 2.75) is 18.1 Å². The molecule has 0 saturated carbocycles. The van der Waals surface area contributed by atoms with Crippen LogP contribution >= 0.6 is 0 Å². The Balaban J connectivity index is 2.12. The standard InChI is InChI=1S/C14H19N3O3S/c1-11-6-4-5-7-12(11)13(20-3)8-16-21(18,19)14-9-17(2)10-15-14/h4-7,9-10,13,16H,8H2,1-3H3/t13-/m0/s1. The third-order valence-corrected chi connectivity index (χ3v) is 4.54. The third kappa shape index (κ3) is 3.69. The summed E-state index contributed by atoms with van der Waals surface area (Å²) < 4.78 is 33.8. The first-order chi connectivity index (χ1) is 9.94. The molecule has 0 bridgehead atoms. The van der Waals surface area contributed by atoms with Gasteiger partial charge in [0.1, 0.15) is 0 Å². The molecule has 0 amide bonds. The van der Waals surface area contributed by atoms with E-state index in [9.17, 15) is 8.42 Å². The summed E-state index contributed by atoms with van der Waals surface area (Å²) in [6, 6.07) is 7.73. The van der Waals surface area contributed by atoms with Gasteiger partial charge in [0.2, 0.25) is 0 Å². The summed E-state index contributed by atoms with van der Waals surface area (Å²) in [5, 5.41) is 0.00429. The molecule has 1 N–H and O–H groups in total. The van der Waals surface area contributed by atoms with Crippen molar-refractivity contribution >= 4 is 10.0 Å². The maximum atomic E-state index is 12.1. The Hall–Kier alpha value is -1.70. The van der Waals surface area contributed by atoms with E-state index in [-0.39, 0.29) is 17.7 Å². The van der Waals surface area contributed by atoms with Crippen LogP contribution in [0.3, 0.4) is 0 Å². The van der Waals surface area contributed by atoms with Crippen LogP contribution < -0.4 is 4.72 Å². The first kappa shape index (κ1) is 15.7. The first-order valence-electron chi connectivity index (χ1n) is 6.50. The summed E-state index contributed by atoms with van der Waals surface area (Å²) >= 11 is 0. The van der Waals surface area contributed by atoms with Crippen LogP contribution in [0.4, 0.5) is 0 Å². The highest BCUT2D eigenvalue weighted by Gasteiger charge is 2.20. The molecule has 6 nitrogen and oxygen atoms in total. The monoisotopic (exact) mass is 309 g/mol. The van der Waals surface area contributed by atoms with E-state index in [0.29, 0.717) is 0 Å². The molecule has 2 aromatic rings. The Kier molecular flexibility index (Phi) is 4.76. The highest BCUT2D eigenvalue weighted by Crippen LogP contribution is 2.20. The Labute approximate surface area is 124 Å². The zero-order valence-corrected chi connectivity index (χ0v) is 13.1. The molecular weight excluding hydrogens is 290 g/mol. The number of hydrogen-bond donors (Lipinski definition) is 1. The van der Waals surface area contributed by atoms with Crippen molar-refractivity contribution in [2.75, 3.05) is 13.7 Å². The van der Waals surface area contributed by atoms with Crippen molar-refractivity contribution in [3.8, 4) is 0 Å². The second kappa shape index (κ2) is 6.38. The molecule has 7 heteroatoms. The SMILES string of the molecule is CO[C@@H](CNS(=O)(=O)c1cn(C)cn1)c1ccccc1C. The maximum absolute atomic E-state index is 12.1. The lowest BCUT2D eigenvalue weighted by Gasteiger charge is -2.18. The van der Waals surface area contributed by atoms with Crippen LogP contribution in [0.5, 0.6) is 0 Å². The van der Waals surface area contributed by atoms with Crippen molar-refractivity contribution in [1.82, 2.24) is 14.3 Å². The second-order valence-corrected chi connectivity index (χ2v) is 6.52. The number of sulfonamides is 1. The minimum absolute atomic E-state index is 0.00429. The van der Waals surface area contributed by atoms with Gasteiger partial charge >= 0.3 is 0 Å². The van der Waals surface area contributed by atoms with Gasteiger partial charge in [-0.05, 0) is 18.1 Å². The Morgan fingerprint density at radius 2 is 2.10 bits per heavy atom. The number of nitrogens with zero attached hydrogens (tertiary/aromatic N) is 2. The second-order valence-electron chi connectivity index (χ2n) is 4.81. The number of hydrogen-bond acceptors (Lipinski definition) is 4. The summed E-state index contributed by atoms with van der Waals surface area (Å²) in [6.07, 6.45) is 2.56. The minimum atomic E-state index is -3.63. The fourth-order valence-electron chi connectivity index (χ4n) is 2.06. The van der Waals surface area contributed by atoms with Gasteiger partial charge < -0.3 is 9.30 Å². The summed E-state index contributed by atoms with van der Waals surface area (Å²) in [5.41, 5.74) is 2.02. The van der Waals surface area contributed by atoms with Crippen LogP contribution in [0, 0.1) is 6.92 Å². The quantitative estimate of drug-likeness (QED) is 0.875. The molecule has 114 valence electrons. The van der Waals surface area contributed by atoms with E-state index in [1.165, 1.54) is 12.5 Å². The molecule has 2 rings (SSSR count). The fraction of sp³-hybridized carbons (Fsp3) is 0.357. The molecule has 0 aliphatic heterocycles. The van der Waals surface area contributed by atoms with E-state index in [1.54, 1.807) is 18.7 Å². The topological polar surface area (TPSA) is 73.2 Å². The lowest BCUT2D eigenvalue weighted by Crippen LogP contribution is -2.29. The molecule has 0 saturated heterocycles. The highest BCUT2D eigenvalue weighted by molar-refractivity contribution is 7.89. The van der Waals surface area contributed by atoms with Gasteiger partial charge in [0.25, 0.3) is 10.0 Å². The van der Waals surface area contributed by atoms with E-state index in [4.69, 9.17) is 4.74 Å². The van der Waals surface area contributed by atoms with Gasteiger partial charge in [-0.3, -0.25) is 0 Å². The zero-order chi connectivity index (χ0) is 15.5. The van der Waals surface area contributed by atoms with Crippen LogP contribution in [-0.4, -0.2) is 31.6 Å². The van der Waals surface area contributed by atoms with Gasteiger partial charge in [-0.15, -0.1) is 0 Å². The summed E-state index contributed by atoms with van der Waals surface area (Å²) in [5.74, 6) is 0. The van der Waals surface area contributed by atoms with E-state index in [2.05, 4.69) is 9.71 Å². The number of ether oxygens (including phenoxy) is 1. The van der Waals surface area contributed by atoms with Crippen LogP contribution in [-0.2, 0) is 21.8 Å². The number of imidazole rings is 1. The molecule has 1 heterocycles. The predicted molar refractivity (Wildman–Crippen MR) is 79.3 cm³/mol. The number of aromatic nitrogens is 2. The van der Waals surface area contributed by atoms with Crippen molar-refractivity contribution in [3.63, 3.8) is 0 Å². The summed E-state index contributed by atoms with van der Waals surface area (Å²) in [4.78, 5) is 3.85. The third-order valence-electron chi connectivity index (χ3n) is 3.24. The van der Waals surface area contributed by atoms with Crippen LogP contribution in [0.25, 0.3) is 0 Å². The normalized spacial score (nSPS) is 13.3. The summed E-state index contributed by atoms with van der Waals surface area (Å²) in [7, 11) is -0.346. The fourth-order valence-corrected chi connectivity index (χ4v) is 3.06. The molecule has 0 unspecified atom stereocenters. The Morgan fingerprint density at radius 1 is 1.38 bits per heavy atom. The van der Waals surface area contributed by atoms with Crippen molar-refractivity contribution in [1.29, 1.82) is 0 Å². The van der Waals surface area contributed by atoms with E-state index in [1.807, 2.05) is 31.2 Å². The number of aryl methyl sites for hydroxylation is 2. The number of benzene rings is 1. The van der Waals surface area contributed by atoms with E-state index in [0.717, 1.165) is 11.1 Å². The predicted octanol–water partition coefficient (Wildman–Crippen LogP) is 1.39. The maximum Gasteiger partial charge on any atom is 0.259 e. The molecule has 1 aromatic carbocycles. The molecule has 0 aliphatic carbocycles. The van der Waals surface area contributed by atoms with Crippen LogP contribution in [0.15, 0.2) is 41.8 Å². The zero-order valence-electron chi connectivity index (χ0n) is 12.3. The lowest BCUT2D eigenvalue weighted by atomic mass is 10.0. The molecule has 0 aliphatic rings. The molecule has 0 fully saturated rings. The molecule has 1 atom stereocenters. The molecule has 1 aromatic heterocycles. The largest absolute Gasteiger partial charge is 0.375 e. The first-order valence-corrected chi connectivity index (χ1v) is 7.98. The smallest absolute Gasteiger partial charge is 0.259 e. The number of nitrogens with one attached hydrogen (secondary N) is 1. The van der Waals surface area contributed by atoms with Gasteiger partial charge in [-0.2, -0.15) is 0 Å². The van der Waals surface area contributed by atoms with Gasteiger partial charge in [0.15, 0.2) is 5.03 Å². The van der Waals surface area contributed by atoms with Crippen molar-refractivity contribution < 1.29 is 13.2 Å². The molecule has 0 spiro atoms. The Bertz CT molecular complexity index is 710. The van der Waals surface area contributed by atoms with Crippen LogP contribution in [0.1, 0.15) is 17.2 Å². The average Bonchev–Trinajstić information content (AvgIpc) is 2.89. The molecule has 21 heavy (non-hydrogen) atoms. The number of methoxy groups -OCH3 is 1. The van der Waals surface area contributed by atoms with Crippen LogP contribution in [0.2, 0.25) is 0 Å². The Morgan fingerprint density at radius 3 is 2.67 bits per heavy atom. The van der Waals surface area contributed by atoms with Gasteiger partial charge in [0.05, 0.1) is 12.4 Å². The number of rotatable bonds is 6. The average molecular weight is 309 g/mol.